The molecule has 5 nitrogen and oxygen atoms in total. The van der Waals surface area contributed by atoms with Crippen molar-refractivity contribution in [1.29, 1.82) is 0 Å². The highest BCUT2D eigenvalue weighted by atomic mass is 16.2. The van der Waals surface area contributed by atoms with Crippen LogP contribution in [0.5, 0.6) is 0 Å². The van der Waals surface area contributed by atoms with E-state index in [4.69, 9.17) is 0 Å². The van der Waals surface area contributed by atoms with Crippen LogP contribution >= 0.6 is 0 Å². The first kappa shape index (κ1) is 21.2. The summed E-state index contributed by atoms with van der Waals surface area (Å²) >= 11 is 0. The lowest BCUT2D eigenvalue weighted by Crippen LogP contribution is -2.27. The van der Waals surface area contributed by atoms with Gasteiger partial charge in [-0.2, -0.15) is 0 Å². The molecular formula is C27H26N4O. The summed E-state index contributed by atoms with van der Waals surface area (Å²) < 4.78 is 0. The van der Waals surface area contributed by atoms with Crippen LogP contribution in [0, 0.1) is 5.41 Å². The molecule has 32 heavy (non-hydrogen) atoms. The van der Waals surface area contributed by atoms with Gasteiger partial charge in [0.15, 0.2) is 0 Å². The predicted octanol–water partition coefficient (Wildman–Crippen LogP) is 6.54. The average Bonchev–Trinajstić information content (AvgIpc) is 2.80. The number of hydrogen-bond acceptors (Lipinski definition) is 4. The molecule has 5 heteroatoms. The largest absolute Gasteiger partial charge is 0.340 e. The zero-order chi connectivity index (χ0) is 22.6. The third kappa shape index (κ3) is 5.01. The Morgan fingerprint density at radius 2 is 1.38 bits per heavy atom. The second-order valence-corrected chi connectivity index (χ2v) is 8.61. The number of carbonyl (C=O) groups is 1. The van der Waals surface area contributed by atoms with Gasteiger partial charge in [0.25, 0.3) is 0 Å². The highest BCUT2D eigenvalue weighted by molar-refractivity contribution is 5.94. The maximum Gasteiger partial charge on any atom is 0.229 e. The Kier molecular flexibility index (Phi) is 5.99. The van der Waals surface area contributed by atoms with E-state index in [0.29, 0.717) is 5.82 Å². The molecule has 0 bridgehead atoms. The Balaban J connectivity index is 1.55. The number of carbonyl (C=O) groups excluding carboxylic acids is 1. The van der Waals surface area contributed by atoms with Crippen LogP contribution < -0.4 is 10.6 Å². The third-order valence-corrected chi connectivity index (χ3v) is 5.05. The minimum absolute atomic E-state index is 0.0178. The predicted molar refractivity (Wildman–Crippen MR) is 131 cm³/mol. The van der Waals surface area contributed by atoms with Crippen molar-refractivity contribution in [2.24, 2.45) is 5.41 Å². The van der Waals surface area contributed by atoms with Crippen molar-refractivity contribution in [1.82, 2.24) is 9.97 Å². The summed E-state index contributed by atoms with van der Waals surface area (Å²) in [6, 6.07) is 28.0. The van der Waals surface area contributed by atoms with Crippen molar-refractivity contribution in [3.8, 4) is 22.4 Å². The molecule has 1 heterocycles. The zero-order valence-corrected chi connectivity index (χ0v) is 18.5. The van der Waals surface area contributed by atoms with Crippen molar-refractivity contribution >= 4 is 23.1 Å². The molecule has 0 radical (unpaired) electrons. The standard InChI is InChI=1S/C27H26N4O/c1-27(2,3)26(32)31-21-15-13-20(14-16-21)30-25-17-24(28-18-29-25)23-12-8-7-11-22(23)19-9-5-4-6-10-19/h4-18H,1-3H3,(H,31,32)(H,28,29,30). The first-order valence-electron chi connectivity index (χ1n) is 10.6. The monoisotopic (exact) mass is 422 g/mol. The lowest BCUT2D eigenvalue weighted by atomic mass is 9.95. The summed E-state index contributed by atoms with van der Waals surface area (Å²) in [5.41, 5.74) is 5.35. The van der Waals surface area contributed by atoms with E-state index in [2.05, 4.69) is 44.9 Å². The number of rotatable bonds is 5. The molecule has 0 aliphatic heterocycles. The first-order valence-corrected chi connectivity index (χ1v) is 10.6. The van der Waals surface area contributed by atoms with Gasteiger partial charge in [-0.15, -0.1) is 0 Å². The van der Waals surface area contributed by atoms with Gasteiger partial charge >= 0.3 is 0 Å². The van der Waals surface area contributed by atoms with E-state index in [1.54, 1.807) is 6.33 Å². The molecule has 0 saturated carbocycles. The SMILES string of the molecule is CC(C)(C)C(=O)Nc1ccc(Nc2cc(-c3ccccc3-c3ccccc3)ncn2)cc1. The Hall–Kier alpha value is -3.99. The highest BCUT2D eigenvalue weighted by Crippen LogP contribution is 2.31. The fourth-order valence-corrected chi connectivity index (χ4v) is 3.25. The summed E-state index contributed by atoms with van der Waals surface area (Å²) in [6.07, 6.45) is 1.57. The smallest absolute Gasteiger partial charge is 0.229 e. The zero-order valence-electron chi connectivity index (χ0n) is 18.5. The summed E-state index contributed by atoms with van der Waals surface area (Å²) in [7, 11) is 0. The molecule has 4 aromatic rings. The molecule has 0 aliphatic rings. The number of amides is 1. The van der Waals surface area contributed by atoms with E-state index < -0.39 is 5.41 Å². The summed E-state index contributed by atoms with van der Waals surface area (Å²) in [5.74, 6) is 0.681. The lowest BCUT2D eigenvalue weighted by Gasteiger charge is -2.17. The second kappa shape index (κ2) is 9.02. The Labute approximate surface area is 188 Å². The van der Waals surface area contributed by atoms with Gasteiger partial charge in [-0.3, -0.25) is 4.79 Å². The fourth-order valence-electron chi connectivity index (χ4n) is 3.25. The van der Waals surface area contributed by atoms with Crippen molar-refractivity contribution in [3.05, 3.63) is 91.3 Å². The van der Waals surface area contributed by atoms with E-state index in [9.17, 15) is 4.79 Å². The molecule has 0 spiro atoms. The molecular weight excluding hydrogens is 396 g/mol. The van der Waals surface area contributed by atoms with E-state index in [1.165, 1.54) is 0 Å². The average molecular weight is 423 g/mol. The molecule has 0 saturated heterocycles. The molecule has 3 aromatic carbocycles. The third-order valence-electron chi connectivity index (χ3n) is 5.05. The van der Waals surface area contributed by atoms with E-state index in [-0.39, 0.29) is 5.91 Å². The van der Waals surface area contributed by atoms with Crippen molar-refractivity contribution in [2.45, 2.75) is 20.8 Å². The minimum Gasteiger partial charge on any atom is -0.340 e. The van der Waals surface area contributed by atoms with Crippen molar-refractivity contribution in [2.75, 3.05) is 10.6 Å². The minimum atomic E-state index is -0.440. The quantitative estimate of drug-likeness (QED) is 0.383. The summed E-state index contributed by atoms with van der Waals surface area (Å²) in [5, 5.41) is 6.25. The number of hydrogen-bond donors (Lipinski definition) is 2. The van der Waals surface area contributed by atoms with Crippen LogP contribution in [0.15, 0.2) is 91.3 Å². The van der Waals surface area contributed by atoms with Crippen LogP contribution in [-0.2, 0) is 4.79 Å². The van der Waals surface area contributed by atoms with Crippen LogP contribution in [0.2, 0.25) is 0 Å². The molecule has 1 amide bonds. The Bertz CT molecular complexity index is 1210. The number of nitrogens with zero attached hydrogens (tertiary/aromatic N) is 2. The van der Waals surface area contributed by atoms with E-state index >= 15 is 0 Å². The van der Waals surface area contributed by atoms with Gasteiger partial charge < -0.3 is 10.6 Å². The summed E-state index contributed by atoms with van der Waals surface area (Å²) in [6.45, 7) is 5.67. The topological polar surface area (TPSA) is 66.9 Å². The maximum atomic E-state index is 12.2. The molecule has 0 fully saturated rings. The number of nitrogens with one attached hydrogen (secondary N) is 2. The lowest BCUT2D eigenvalue weighted by molar-refractivity contribution is -0.123. The molecule has 0 unspecified atom stereocenters. The van der Waals surface area contributed by atoms with Gasteiger partial charge in [-0.1, -0.05) is 75.4 Å². The fraction of sp³-hybridized carbons (Fsp3) is 0.148. The highest BCUT2D eigenvalue weighted by Gasteiger charge is 2.21. The normalized spacial score (nSPS) is 11.1. The number of anilines is 3. The maximum absolute atomic E-state index is 12.2. The Morgan fingerprint density at radius 3 is 2.06 bits per heavy atom. The van der Waals surface area contributed by atoms with E-state index in [0.717, 1.165) is 33.8 Å². The number of aromatic nitrogens is 2. The van der Waals surface area contributed by atoms with Crippen LogP contribution in [-0.4, -0.2) is 15.9 Å². The molecule has 0 atom stereocenters. The molecule has 2 N–H and O–H groups in total. The van der Waals surface area contributed by atoms with Gasteiger partial charge in [-0.05, 0) is 35.4 Å². The Morgan fingerprint density at radius 1 is 0.750 bits per heavy atom. The van der Waals surface area contributed by atoms with Crippen molar-refractivity contribution in [3.63, 3.8) is 0 Å². The van der Waals surface area contributed by atoms with E-state index in [1.807, 2.05) is 81.4 Å². The number of benzene rings is 3. The molecule has 4 rings (SSSR count). The van der Waals surface area contributed by atoms with Gasteiger partial charge in [-0.25, -0.2) is 9.97 Å². The van der Waals surface area contributed by atoms with Gasteiger partial charge in [0.2, 0.25) is 5.91 Å². The molecule has 0 aliphatic carbocycles. The summed E-state index contributed by atoms with van der Waals surface area (Å²) in [4.78, 5) is 21.1. The van der Waals surface area contributed by atoms with Gasteiger partial charge in [0.05, 0.1) is 5.69 Å². The van der Waals surface area contributed by atoms with Crippen molar-refractivity contribution < 1.29 is 4.79 Å². The van der Waals surface area contributed by atoms with Crippen LogP contribution in [0.25, 0.3) is 22.4 Å². The van der Waals surface area contributed by atoms with Crippen LogP contribution in [0.1, 0.15) is 20.8 Å². The molecule has 1 aromatic heterocycles. The van der Waals surface area contributed by atoms with Crippen LogP contribution in [0.3, 0.4) is 0 Å². The van der Waals surface area contributed by atoms with Crippen LogP contribution in [0.4, 0.5) is 17.2 Å². The van der Waals surface area contributed by atoms with Gasteiger partial charge in [0.1, 0.15) is 12.1 Å². The second-order valence-electron chi connectivity index (χ2n) is 8.61. The molecule has 160 valence electrons. The van der Waals surface area contributed by atoms with Gasteiger partial charge in [0, 0.05) is 28.4 Å². The first-order chi connectivity index (χ1) is 15.4.